The maximum Gasteiger partial charge on any atom is 0.303 e. The number of nitrogens with zero attached hydrogens (tertiary/aromatic N) is 2. The third-order valence-electron chi connectivity index (χ3n) is 3.33. The van der Waals surface area contributed by atoms with Gasteiger partial charge in [-0.1, -0.05) is 13.0 Å². The summed E-state index contributed by atoms with van der Waals surface area (Å²) in [4.78, 5) is 18.3. The molecule has 1 aromatic carbocycles. The molecule has 0 aliphatic rings. The van der Waals surface area contributed by atoms with Crippen LogP contribution >= 0.6 is 0 Å². The molecule has 0 radical (unpaired) electrons. The highest BCUT2D eigenvalue weighted by Crippen LogP contribution is 2.19. The minimum absolute atomic E-state index is 0.127. The number of hydrogen-bond donors (Lipinski definition) is 2. The van der Waals surface area contributed by atoms with Crippen molar-refractivity contribution in [3.63, 3.8) is 0 Å². The Hall–Kier alpha value is -2.30. The Balaban J connectivity index is 2.05. The molecular weight excluding hydrogens is 242 g/mol. The lowest BCUT2D eigenvalue weighted by Crippen LogP contribution is -1.97. The van der Waals surface area contributed by atoms with Gasteiger partial charge in [0.25, 0.3) is 0 Å². The summed E-state index contributed by atoms with van der Waals surface area (Å²) in [6.07, 6.45) is 3.54. The zero-order valence-corrected chi connectivity index (χ0v) is 10.7. The number of aromatic amines is 1. The van der Waals surface area contributed by atoms with E-state index in [1.807, 2.05) is 16.7 Å². The minimum atomic E-state index is -0.787. The topological polar surface area (TPSA) is 70.4 Å². The highest BCUT2D eigenvalue weighted by Gasteiger charge is 2.09. The van der Waals surface area contributed by atoms with Gasteiger partial charge in [-0.15, -0.1) is 0 Å². The van der Waals surface area contributed by atoms with Gasteiger partial charge in [-0.3, -0.25) is 9.20 Å². The molecule has 3 rings (SSSR count). The zero-order valence-electron chi connectivity index (χ0n) is 10.7. The third kappa shape index (κ3) is 2.07. The van der Waals surface area contributed by atoms with Crippen molar-refractivity contribution in [2.75, 3.05) is 0 Å². The van der Waals surface area contributed by atoms with Crippen LogP contribution in [-0.2, 0) is 17.6 Å². The predicted octanol–water partition coefficient (Wildman–Crippen LogP) is 2.40. The lowest BCUT2D eigenvalue weighted by molar-refractivity contribution is -0.136. The number of imidazole rings is 2. The molecule has 0 aliphatic carbocycles. The number of fused-ring (bicyclic) bond motifs is 3. The molecule has 0 saturated heterocycles. The number of carboxylic acid groups (broad SMARTS) is 1. The molecule has 5 heteroatoms. The molecule has 0 aliphatic heterocycles. The highest BCUT2D eigenvalue weighted by atomic mass is 16.4. The van der Waals surface area contributed by atoms with Crippen LogP contribution in [0.2, 0.25) is 0 Å². The molecule has 0 spiro atoms. The summed E-state index contributed by atoms with van der Waals surface area (Å²) in [6, 6.07) is 6.23. The third-order valence-corrected chi connectivity index (χ3v) is 3.33. The number of aryl methyl sites for hydroxylation is 2. The maximum atomic E-state index is 10.6. The monoisotopic (exact) mass is 257 g/mol. The van der Waals surface area contributed by atoms with E-state index in [0.717, 1.165) is 28.9 Å². The second kappa shape index (κ2) is 4.42. The van der Waals surface area contributed by atoms with Crippen LogP contribution in [0.1, 0.15) is 24.6 Å². The standard InChI is InChI=1S/C14H15N3O2/c1-2-9-3-5-11-12(7-9)17-8-10(4-6-13(18)19)15-14(17)16-11/h3,5,7-8H,2,4,6H2,1H3,(H,15,16)(H,18,19). The largest absolute Gasteiger partial charge is 0.481 e. The SMILES string of the molecule is CCc1ccc2nc3[nH]c(CCC(=O)O)cn3c2c1. The molecule has 0 atom stereocenters. The molecule has 0 fully saturated rings. The lowest BCUT2D eigenvalue weighted by atomic mass is 10.1. The van der Waals surface area contributed by atoms with Gasteiger partial charge in [-0.25, -0.2) is 4.98 Å². The maximum absolute atomic E-state index is 10.6. The van der Waals surface area contributed by atoms with Gasteiger partial charge in [0, 0.05) is 11.9 Å². The van der Waals surface area contributed by atoms with Crippen molar-refractivity contribution in [3.8, 4) is 0 Å². The van der Waals surface area contributed by atoms with Crippen LogP contribution in [0, 0.1) is 0 Å². The molecule has 5 nitrogen and oxygen atoms in total. The van der Waals surface area contributed by atoms with Crippen molar-refractivity contribution in [2.24, 2.45) is 0 Å². The van der Waals surface area contributed by atoms with Gasteiger partial charge < -0.3 is 10.1 Å². The molecular formula is C14H15N3O2. The number of carboxylic acids is 1. The molecule has 19 heavy (non-hydrogen) atoms. The summed E-state index contributed by atoms with van der Waals surface area (Å²) < 4.78 is 1.99. The van der Waals surface area contributed by atoms with Crippen molar-refractivity contribution < 1.29 is 9.90 Å². The minimum Gasteiger partial charge on any atom is -0.481 e. The summed E-state index contributed by atoms with van der Waals surface area (Å²) in [6.45, 7) is 2.12. The molecule has 98 valence electrons. The Labute approximate surface area is 109 Å². The lowest BCUT2D eigenvalue weighted by Gasteiger charge is -1.96. The van der Waals surface area contributed by atoms with E-state index in [2.05, 4.69) is 29.0 Å². The number of benzene rings is 1. The second-order valence-electron chi connectivity index (χ2n) is 4.66. The second-order valence-corrected chi connectivity index (χ2v) is 4.66. The van der Waals surface area contributed by atoms with Crippen molar-refractivity contribution >= 4 is 22.8 Å². The van der Waals surface area contributed by atoms with E-state index in [1.54, 1.807) is 0 Å². The molecule has 2 N–H and O–H groups in total. The number of rotatable bonds is 4. The van der Waals surface area contributed by atoms with E-state index < -0.39 is 5.97 Å². The van der Waals surface area contributed by atoms with Crippen LogP contribution in [-0.4, -0.2) is 25.4 Å². The molecule has 0 amide bonds. The summed E-state index contributed by atoms with van der Waals surface area (Å²) in [5.74, 6) is -0.0194. The van der Waals surface area contributed by atoms with Crippen LogP contribution < -0.4 is 0 Å². The number of aromatic nitrogens is 3. The van der Waals surface area contributed by atoms with Gasteiger partial charge in [0.15, 0.2) is 0 Å². The van der Waals surface area contributed by atoms with Gasteiger partial charge >= 0.3 is 5.97 Å². The van der Waals surface area contributed by atoms with E-state index in [-0.39, 0.29) is 6.42 Å². The fourth-order valence-corrected chi connectivity index (χ4v) is 2.28. The van der Waals surface area contributed by atoms with Crippen LogP contribution in [0.3, 0.4) is 0 Å². The van der Waals surface area contributed by atoms with E-state index in [0.29, 0.717) is 6.42 Å². The smallest absolute Gasteiger partial charge is 0.303 e. The Bertz CT molecular complexity index is 755. The average Bonchev–Trinajstić information content (AvgIpc) is 2.92. The Morgan fingerprint density at radius 3 is 3.05 bits per heavy atom. The number of carbonyl (C=O) groups is 1. The zero-order chi connectivity index (χ0) is 13.4. The first-order valence-electron chi connectivity index (χ1n) is 6.37. The van der Waals surface area contributed by atoms with Crippen molar-refractivity contribution in [3.05, 3.63) is 35.7 Å². The normalized spacial score (nSPS) is 11.4. The molecule has 0 saturated carbocycles. The number of nitrogens with one attached hydrogen (secondary N) is 1. The van der Waals surface area contributed by atoms with Gasteiger partial charge in [0.2, 0.25) is 5.78 Å². The number of aliphatic carboxylic acids is 1. The first-order chi connectivity index (χ1) is 9.17. The van der Waals surface area contributed by atoms with Gasteiger partial charge in [-0.2, -0.15) is 0 Å². The molecule has 0 unspecified atom stereocenters. The number of hydrogen-bond acceptors (Lipinski definition) is 2. The summed E-state index contributed by atoms with van der Waals surface area (Å²) >= 11 is 0. The fourth-order valence-electron chi connectivity index (χ4n) is 2.28. The van der Waals surface area contributed by atoms with Gasteiger partial charge in [0.1, 0.15) is 0 Å². The summed E-state index contributed by atoms with van der Waals surface area (Å²) in [5, 5.41) is 8.70. The summed E-state index contributed by atoms with van der Waals surface area (Å²) in [7, 11) is 0. The summed E-state index contributed by atoms with van der Waals surface area (Å²) in [5.41, 5.74) is 4.18. The predicted molar refractivity (Wildman–Crippen MR) is 72.4 cm³/mol. The molecule has 0 bridgehead atoms. The van der Waals surface area contributed by atoms with E-state index in [4.69, 9.17) is 5.11 Å². The Morgan fingerprint density at radius 2 is 2.32 bits per heavy atom. The first kappa shape index (κ1) is 11.8. The van der Waals surface area contributed by atoms with Gasteiger partial charge in [0.05, 0.1) is 17.5 Å². The van der Waals surface area contributed by atoms with Crippen LogP contribution in [0.15, 0.2) is 24.4 Å². The van der Waals surface area contributed by atoms with E-state index in [9.17, 15) is 4.79 Å². The molecule has 2 heterocycles. The Kier molecular flexibility index (Phi) is 2.74. The molecule has 2 aromatic heterocycles. The van der Waals surface area contributed by atoms with Crippen molar-refractivity contribution in [2.45, 2.75) is 26.2 Å². The highest BCUT2D eigenvalue weighted by molar-refractivity contribution is 5.80. The van der Waals surface area contributed by atoms with E-state index in [1.165, 1.54) is 5.56 Å². The van der Waals surface area contributed by atoms with Crippen LogP contribution in [0.4, 0.5) is 0 Å². The quantitative estimate of drug-likeness (QED) is 0.754. The van der Waals surface area contributed by atoms with Crippen molar-refractivity contribution in [1.82, 2.24) is 14.4 Å². The Morgan fingerprint density at radius 1 is 1.47 bits per heavy atom. The van der Waals surface area contributed by atoms with Gasteiger partial charge in [-0.05, 0) is 30.5 Å². The van der Waals surface area contributed by atoms with Crippen LogP contribution in [0.25, 0.3) is 16.8 Å². The van der Waals surface area contributed by atoms with Crippen LogP contribution in [0.5, 0.6) is 0 Å². The van der Waals surface area contributed by atoms with E-state index >= 15 is 0 Å². The van der Waals surface area contributed by atoms with Crippen molar-refractivity contribution in [1.29, 1.82) is 0 Å². The molecule has 3 aromatic rings. The average molecular weight is 257 g/mol. The number of H-pyrrole nitrogens is 1. The fraction of sp³-hybridized carbons (Fsp3) is 0.286. The first-order valence-corrected chi connectivity index (χ1v) is 6.37.